The van der Waals surface area contributed by atoms with E-state index >= 15 is 0 Å². The molecule has 0 spiro atoms. The van der Waals surface area contributed by atoms with Crippen molar-refractivity contribution < 1.29 is 80.2 Å². The molecule has 0 aliphatic carbocycles. The first kappa shape index (κ1) is 101. The zero-order valence-corrected chi connectivity index (χ0v) is 68.4. The number of unbranched alkanes of at least 4 members (excludes halogenated alkanes) is 29. The van der Waals surface area contributed by atoms with E-state index in [1.807, 2.05) is 12.2 Å². The molecule has 5 atom stereocenters. The van der Waals surface area contributed by atoms with Crippen LogP contribution in [0.5, 0.6) is 0 Å². The number of phosphoric ester groups is 2. The molecule has 106 heavy (non-hydrogen) atoms. The number of esters is 4. The van der Waals surface area contributed by atoms with Crippen LogP contribution >= 0.6 is 15.6 Å². The first-order valence-electron chi connectivity index (χ1n) is 41.4. The number of carbonyl (C=O) groups excluding carboxylic acids is 4. The maximum Gasteiger partial charge on any atom is 0.472 e. The molecule has 0 aliphatic rings. The van der Waals surface area contributed by atoms with Crippen molar-refractivity contribution in [1.29, 1.82) is 0 Å². The fourth-order valence-electron chi connectivity index (χ4n) is 10.8. The van der Waals surface area contributed by atoms with Gasteiger partial charge in [-0.2, -0.15) is 0 Å². The van der Waals surface area contributed by atoms with Crippen LogP contribution in [-0.2, 0) is 65.4 Å². The number of carbonyl (C=O) groups is 4. The predicted molar refractivity (Wildman–Crippen MR) is 436 cm³/mol. The van der Waals surface area contributed by atoms with Gasteiger partial charge in [0, 0.05) is 25.7 Å². The molecule has 0 aromatic carbocycles. The van der Waals surface area contributed by atoms with Gasteiger partial charge in [-0.1, -0.05) is 283 Å². The molecule has 0 saturated carbocycles. The number of ether oxygens (including phenoxy) is 4. The van der Waals surface area contributed by atoms with Crippen LogP contribution in [0, 0.1) is 0 Å². The predicted octanol–water partition coefficient (Wildman–Crippen LogP) is 24.4. The van der Waals surface area contributed by atoms with Crippen molar-refractivity contribution in [1.82, 2.24) is 0 Å². The van der Waals surface area contributed by atoms with E-state index < -0.39 is 97.5 Å². The van der Waals surface area contributed by atoms with Gasteiger partial charge in [0.05, 0.1) is 26.4 Å². The molecule has 3 N–H and O–H groups in total. The smallest absolute Gasteiger partial charge is 0.462 e. The lowest BCUT2D eigenvalue weighted by Crippen LogP contribution is -2.30. The lowest BCUT2D eigenvalue weighted by Gasteiger charge is -2.21. The summed E-state index contributed by atoms with van der Waals surface area (Å²) in [5.74, 6) is -2.29. The lowest BCUT2D eigenvalue weighted by molar-refractivity contribution is -0.161. The summed E-state index contributed by atoms with van der Waals surface area (Å²) in [6, 6.07) is 0. The van der Waals surface area contributed by atoms with E-state index in [1.54, 1.807) is 0 Å². The topological polar surface area (TPSA) is 237 Å². The van der Waals surface area contributed by atoms with Crippen molar-refractivity contribution in [3.05, 3.63) is 134 Å². The van der Waals surface area contributed by atoms with Gasteiger partial charge in [-0.15, -0.1) is 0 Å². The van der Waals surface area contributed by atoms with Crippen LogP contribution in [0.4, 0.5) is 0 Å². The van der Waals surface area contributed by atoms with Gasteiger partial charge in [-0.05, 0) is 161 Å². The van der Waals surface area contributed by atoms with Crippen LogP contribution in [-0.4, -0.2) is 96.7 Å². The second-order valence-corrected chi connectivity index (χ2v) is 30.2. The Kier molecular flexibility index (Phi) is 74.8. The summed E-state index contributed by atoms with van der Waals surface area (Å²) < 4.78 is 68.6. The van der Waals surface area contributed by atoms with E-state index in [2.05, 4.69) is 149 Å². The van der Waals surface area contributed by atoms with Crippen molar-refractivity contribution in [3.8, 4) is 0 Å². The molecule has 0 aromatic rings. The number of aliphatic hydroxyl groups excluding tert-OH is 1. The maximum absolute atomic E-state index is 13.1. The van der Waals surface area contributed by atoms with E-state index in [9.17, 15) is 43.2 Å². The second kappa shape index (κ2) is 78.3. The Morgan fingerprint density at radius 2 is 0.500 bits per heavy atom. The van der Waals surface area contributed by atoms with E-state index in [-0.39, 0.29) is 25.7 Å². The Morgan fingerprint density at radius 3 is 0.830 bits per heavy atom. The molecular weight excluding hydrogens is 1380 g/mol. The highest BCUT2D eigenvalue weighted by Gasteiger charge is 2.30. The van der Waals surface area contributed by atoms with Crippen molar-refractivity contribution in [2.24, 2.45) is 0 Å². The summed E-state index contributed by atoms with van der Waals surface area (Å²) in [4.78, 5) is 73.1. The molecule has 19 heteroatoms. The Morgan fingerprint density at radius 1 is 0.274 bits per heavy atom. The van der Waals surface area contributed by atoms with Gasteiger partial charge < -0.3 is 33.8 Å². The largest absolute Gasteiger partial charge is 0.472 e. The van der Waals surface area contributed by atoms with Crippen LogP contribution in [0.25, 0.3) is 0 Å². The van der Waals surface area contributed by atoms with Crippen LogP contribution < -0.4 is 0 Å². The van der Waals surface area contributed by atoms with Gasteiger partial charge in [0.1, 0.15) is 19.3 Å². The molecule has 0 radical (unpaired) electrons. The molecule has 0 aliphatic heterocycles. The van der Waals surface area contributed by atoms with E-state index in [0.29, 0.717) is 32.1 Å². The Hall–Kier alpha value is -4.80. The third-order valence-electron chi connectivity index (χ3n) is 17.1. The number of hydrogen-bond donors (Lipinski definition) is 3. The summed E-state index contributed by atoms with van der Waals surface area (Å²) >= 11 is 0. The maximum atomic E-state index is 13.1. The van der Waals surface area contributed by atoms with Crippen LogP contribution in [0.3, 0.4) is 0 Å². The number of phosphoric acid groups is 2. The quantitative estimate of drug-likeness (QED) is 0.0169. The molecule has 0 amide bonds. The van der Waals surface area contributed by atoms with Gasteiger partial charge in [-0.25, -0.2) is 9.13 Å². The Labute approximate surface area is 644 Å². The number of allylic oxidation sites excluding steroid dienone is 22. The highest BCUT2D eigenvalue weighted by Crippen LogP contribution is 2.45. The van der Waals surface area contributed by atoms with E-state index in [1.165, 1.54) is 96.3 Å². The number of aliphatic hydroxyl groups is 1. The normalized spacial score (nSPS) is 14.5. The molecule has 17 nitrogen and oxygen atoms in total. The SMILES string of the molecule is CC/C=C\C/C=C\C/C=C\C/C=C\C/C=C\CCCCCC(=O)OC[C@H](COP(=O)(O)OC[C@@H](O)COP(=O)(O)OC[C@@H](COC(=O)CCCCCCC/C=C\CCCCCCCC)OC(=O)CCC/C=C\C/C=C\C/C=C\C/C=C\CCCCC)OC(=O)CCCCCCC/C=C\CCCCCCCC. The van der Waals surface area contributed by atoms with Crippen molar-refractivity contribution in [2.45, 2.75) is 354 Å². The highest BCUT2D eigenvalue weighted by molar-refractivity contribution is 7.47. The van der Waals surface area contributed by atoms with Crippen molar-refractivity contribution in [3.63, 3.8) is 0 Å². The fraction of sp³-hybridized carbons (Fsp3) is 0.701. The van der Waals surface area contributed by atoms with Crippen LogP contribution in [0.15, 0.2) is 134 Å². The van der Waals surface area contributed by atoms with Gasteiger partial charge in [0.2, 0.25) is 0 Å². The summed E-state index contributed by atoms with van der Waals surface area (Å²) in [7, 11) is -10.00. The lowest BCUT2D eigenvalue weighted by atomic mass is 10.1. The second-order valence-electron chi connectivity index (χ2n) is 27.3. The molecule has 0 rings (SSSR count). The van der Waals surface area contributed by atoms with Crippen LogP contribution in [0.1, 0.15) is 336 Å². The summed E-state index contributed by atoms with van der Waals surface area (Å²) in [5.41, 5.74) is 0. The zero-order valence-electron chi connectivity index (χ0n) is 66.6. The summed E-state index contributed by atoms with van der Waals surface area (Å²) in [6.07, 6.45) is 88.6. The standard InChI is InChI=1S/C87H148O17P2/c1-5-9-13-17-21-25-29-33-37-39-40-42-45-48-52-56-60-64-68-72-85(90)98-78-82(103-86(91)73-69-65-61-57-53-49-44-36-32-28-24-20-16-12-8-4)79-101-105(93,94)99-75-81(88)76-100-106(95,96)102-80-83(77-97-84(89)71-67-63-59-55-51-47-43-35-31-27-23-19-15-11-7-3)104-87(92)74-70-66-62-58-54-50-46-41-38-34-30-26-22-18-14-10-6-2/h9,13,21-22,25-26,33-38,40,42-44,46,48,50,52,58,62,81-83,88H,5-8,10-12,14-20,23-24,27-32,39,41,45,47,49,51,53-57,59-61,63-80H2,1-4H3,(H,93,94)(H,95,96)/b13-9-,25-21-,26-22-,37-33-,38-34-,42-40-,43-35-,44-36-,50-46-,52-48-,62-58-/t81-,82-,83-/m1/s1. The average molecular weight is 1530 g/mol. The minimum atomic E-state index is -5.00. The first-order valence-corrected chi connectivity index (χ1v) is 44.4. The summed E-state index contributed by atoms with van der Waals surface area (Å²) in [5, 5.41) is 10.7. The minimum Gasteiger partial charge on any atom is -0.462 e. The monoisotopic (exact) mass is 1530 g/mol. The van der Waals surface area contributed by atoms with E-state index in [0.717, 1.165) is 154 Å². The zero-order chi connectivity index (χ0) is 77.4. The van der Waals surface area contributed by atoms with Gasteiger partial charge in [0.25, 0.3) is 0 Å². The molecule has 2 unspecified atom stereocenters. The van der Waals surface area contributed by atoms with E-state index in [4.69, 9.17) is 37.0 Å². The molecule has 0 bridgehead atoms. The minimum absolute atomic E-state index is 0.0149. The third-order valence-corrected chi connectivity index (χ3v) is 19.0. The Balaban J connectivity index is 5.46. The fourth-order valence-corrected chi connectivity index (χ4v) is 12.3. The third kappa shape index (κ3) is 77.4. The highest BCUT2D eigenvalue weighted by atomic mass is 31.2. The molecule has 0 saturated heterocycles. The van der Waals surface area contributed by atoms with Crippen molar-refractivity contribution >= 4 is 39.5 Å². The molecule has 608 valence electrons. The first-order chi connectivity index (χ1) is 51.7. The Bertz CT molecular complexity index is 2530. The molecule has 0 heterocycles. The number of hydrogen-bond acceptors (Lipinski definition) is 15. The van der Waals surface area contributed by atoms with Gasteiger partial charge in [0.15, 0.2) is 12.2 Å². The molecular formula is C87H148O17P2. The van der Waals surface area contributed by atoms with Crippen LogP contribution in [0.2, 0.25) is 0 Å². The van der Waals surface area contributed by atoms with Gasteiger partial charge >= 0.3 is 39.5 Å². The van der Waals surface area contributed by atoms with Crippen molar-refractivity contribution in [2.75, 3.05) is 39.6 Å². The average Bonchev–Trinajstić information content (AvgIpc) is 0.905. The summed E-state index contributed by atoms with van der Waals surface area (Å²) in [6.45, 7) is 4.63. The van der Waals surface area contributed by atoms with Gasteiger partial charge in [-0.3, -0.25) is 37.3 Å². The number of rotatable bonds is 77. The molecule has 0 aromatic heterocycles. The molecule has 0 fully saturated rings.